The second kappa shape index (κ2) is 5.33. The van der Waals surface area contributed by atoms with Crippen molar-refractivity contribution in [1.29, 1.82) is 0 Å². The summed E-state index contributed by atoms with van der Waals surface area (Å²) in [5, 5.41) is 0. The maximum absolute atomic E-state index is 12.6. The second-order valence-corrected chi connectivity index (χ2v) is 4.66. The third-order valence-electron chi connectivity index (χ3n) is 3.13. The number of hydrogen-bond donors (Lipinski definition) is 0. The molecule has 1 unspecified atom stereocenters. The summed E-state index contributed by atoms with van der Waals surface area (Å²) < 4.78 is 43.2. The van der Waals surface area contributed by atoms with E-state index in [4.69, 9.17) is 4.74 Å². The first-order valence-corrected chi connectivity index (χ1v) is 6.26. The molecule has 0 N–H and O–H groups in total. The number of benzene rings is 1. The summed E-state index contributed by atoms with van der Waals surface area (Å²) in [5.74, 6) is -0.197. The highest BCUT2D eigenvalue weighted by Crippen LogP contribution is 2.36. The van der Waals surface area contributed by atoms with Gasteiger partial charge < -0.3 is 4.74 Å². The number of hydrogen-bond acceptors (Lipinski definition) is 2. The number of alkyl halides is 3. The van der Waals surface area contributed by atoms with E-state index in [0.717, 1.165) is 25.0 Å². The van der Waals surface area contributed by atoms with Crippen LogP contribution in [0.3, 0.4) is 0 Å². The molecule has 19 heavy (non-hydrogen) atoms. The Bertz CT molecular complexity index is 464. The monoisotopic (exact) mass is 272 g/mol. The highest BCUT2D eigenvalue weighted by Gasteiger charge is 2.38. The van der Waals surface area contributed by atoms with E-state index in [1.807, 2.05) is 0 Å². The summed E-state index contributed by atoms with van der Waals surface area (Å²) in [6.45, 7) is 2.15. The summed E-state index contributed by atoms with van der Waals surface area (Å²) in [6, 6.07) is 4.53. The van der Waals surface area contributed by atoms with Crippen molar-refractivity contribution in [1.82, 2.24) is 0 Å². The van der Waals surface area contributed by atoms with Gasteiger partial charge in [0.2, 0.25) is 0 Å². The lowest BCUT2D eigenvalue weighted by Crippen LogP contribution is -2.27. The van der Waals surface area contributed by atoms with E-state index < -0.39 is 17.8 Å². The van der Waals surface area contributed by atoms with Gasteiger partial charge in [0, 0.05) is 12.2 Å². The number of carbonyl (C=O) groups excluding carboxylic acids is 1. The number of carbonyl (C=O) groups is 1. The van der Waals surface area contributed by atoms with E-state index in [1.54, 1.807) is 6.92 Å². The van der Waals surface area contributed by atoms with Crippen molar-refractivity contribution >= 4 is 5.78 Å². The number of ether oxygens (including phenoxy) is 1. The van der Waals surface area contributed by atoms with E-state index in [1.165, 1.54) is 12.1 Å². The Hall–Kier alpha value is -1.36. The zero-order valence-electron chi connectivity index (χ0n) is 10.5. The molecule has 104 valence electrons. The molecule has 1 aromatic carbocycles. The molecule has 1 saturated carbocycles. The second-order valence-electron chi connectivity index (χ2n) is 4.66. The topological polar surface area (TPSA) is 26.3 Å². The van der Waals surface area contributed by atoms with Crippen molar-refractivity contribution in [2.75, 3.05) is 6.61 Å². The van der Waals surface area contributed by atoms with Crippen LogP contribution in [0.15, 0.2) is 24.3 Å². The molecule has 1 aliphatic rings. The minimum atomic E-state index is -4.43. The number of Topliss-reactive ketones (excluding diaryl/α,β-unsaturated/α-hetero) is 1. The van der Waals surface area contributed by atoms with Gasteiger partial charge in [-0.3, -0.25) is 4.79 Å². The number of rotatable bonds is 5. The van der Waals surface area contributed by atoms with Crippen LogP contribution in [0.2, 0.25) is 0 Å². The SMILES string of the molecule is CCOC(C(=O)c1cccc(C(F)(F)F)c1)C1CC1. The van der Waals surface area contributed by atoms with Gasteiger partial charge in [-0.15, -0.1) is 0 Å². The minimum Gasteiger partial charge on any atom is -0.370 e. The van der Waals surface area contributed by atoms with Crippen LogP contribution >= 0.6 is 0 Å². The van der Waals surface area contributed by atoms with E-state index in [9.17, 15) is 18.0 Å². The molecule has 5 heteroatoms. The molecular formula is C14H15F3O2. The van der Waals surface area contributed by atoms with Crippen molar-refractivity contribution in [2.24, 2.45) is 5.92 Å². The molecule has 0 bridgehead atoms. The van der Waals surface area contributed by atoms with E-state index in [-0.39, 0.29) is 17.3 Å². The molecule has 0 heterocycles. The zero-order chi connectivity index (χ0) is 14.0. The molecule has 0 spiro atoms. The first-order valence-electron chi connectivity index (χ1n) is 6.26. The smallest absolute Gasteiger partial charge is 0.370 e. The van der Waals surface area contributed by atoms with Crippen molar-refractivity contribution in [3.63, 3.8) is 0 Å². The highest BCUT2D eigenvalue weighted by atomic mass is 19.4. The van der Waals surface area contributed by atoms with Gasteiger partial charge in [0.25, 0.3) is 0 Å². The molecule has 2 rings (SSSR count). The summed E-state index contributed by atoms with van der Waals surface area (Å²) in [6.07, 6.45) is -3.24. The Morgan fingerprint density at radius 1 is 1.42 bits per heavy atom. The lowest BCUT2D eigenvalue weighted by molar-refractivity contribution is -0.137. The predicted octanol–water partition coefficient (Wildman–Crippen LogP) is 3.70. The first-order chi connectivity index (χ1) is 8.93. The lowest BCUT2D eigenvalue weighted by atomic mass is 10.0. The van der Waals surface area contributed by atoms with Crippen LogP contribution in [-0.4, -0.2) is 18.5 Å². The maximum Gasteiger partial charge on any atom is 0.416 e. The van der Waals surface area contributed by atoms with Crippen LogP contribution in [0, 0.1) is 5.92 Å². The van der Waals surface area contributed by atoms with Crippen molar-refractivity contribution in [3.8, 4) is 0 Å². The third kappa shape index (κ3) is 3.35. The minimum absolute atomic E-state index is 0.0696. The van der Waals surface area contributed by atoms with E-state index in [2.05, 4.69) is 0 Å². The normalized spacial score (nSPS) is 17.3. The Kier molecular flexibility index (Phi) is 3.94. The molecule has 1 atom stereocenters. The molecule has 1 aliphatic carbocycles. The Labute approximate surface area is 109 Å². The molecule has 0 amide bonds. The fourth-order valence-electron chi connectivity index (χ4n) is 2.02. The summed E-state index contributed by atoms with van der Waals surface area (Å²) in [4.78, 5) is 12.2. The molecule has 0 aromatic heterocycles. The fraction of sp³-hybridized carbons (Fsp3) is 0.500. The molecule has 0 radical (unpaired) electrons. The van der Waals surface area contributed by atoms with Crippen LogP contribution in [0.1, 0.15) is 35.7 Å². The van der Waals surface area contributed by atoms with Gasteiger partial charge in [0.15, 0.2) is 5.78 Å². The molecule has 0 saturated heterocycles. The van der Waals surface area contributed by atoms with Crippen molar-refractivity contribution in [3.05, 3.63) is 35.4 Å². The first kappa shape index (κ1) is 14.1. The quantitative estimate of drug-likeness (QED) is 0.764. The van der Waals surface area contributed by atoms with Crippen LogP contribution in [0.25, 0.3) is 0 Å². The van der Waals surface area contributed by atoms with E-state index in [0.29, 0.717) is 6.61 Å². The highest BCUT2D eigenvalue weighted by molar-refractivity contribution is 6.00. The molecule has 2 nitrogen and oxygen atoms in total. The standard InChI is InChI=1S/C14H15F3O2/c1-2-19-13(9-6-7-9)12(18)10-4-3-5-11(8-10)14(15,16)17/h3-5,8-9,13H,2,6-7H2,1H3. The van der Waals surface area contributed by atoms with Gasteiger partial charge >= 0.3 is 6.18 Å². The lowest BCUT2D eigenvalue weighted by Gasteiger charge is -2.16. The van der Waals surface area contributed by atoms with Gasteiger partial charge in [-0.1, -0.05) is 12.1 Å². The van der Waals surface area contributed by atoms with Gasteiger partial charge in [-0.25, -0.2) is 0 Å². The molecule has 1 aromatic rings. The third-order valence-corrected chi connectivity index (χ3v) is 3.13. The Morgan fingerprint density at radius 2 is 2.11 bits per heavy atom. The van der Waals surface area contributed by atoms with Gasteiger partial charge in [0.05, 0.1) is 5.56 Å². The van der Waals surface area contributed by atoms with E-state index >= 15 is 0 Å². The van der Waals surface area contributed by atoms with Gasteiger partial charge in [-0.05, 0) is 37.8 Å². The predicted molar refractivity (Wildman–Crippen MR) is 63.9 cm³/mol. The van der Waals surface area contributed by atoms with Crippen LogP contribution in [0.4, 0.5) is 13.2 Å². The molecule has 1 fully saturated rings. The van der Waals surface area contributed by atoms with Gasteiger partial charge in [-0.2, -0.15) is 13.2 Å². The zero-order valence-corrected chi connectivity index (χ0v) is 10.5. The largest absolute Gasteiger partial charge is 0.416 e. The maximum atomic E-state index is 12.6. The average Bonchev–Trinajstić information content (AvgIpc) is 3.18. The summed E-state index contributed by atoms with van der Waals surface area (Å²) in [5.41, 5.74) is -0.732. The molecule has 0 aliphatic heterocycles. The Balaban J connectivity index is 2.22. The van der Waals surface area contributed by atoms with Crippen LogP contribution in [-0.2, 0) is 10.9 Å². The fourth-order valence-corrected chi connectivity index (χ4v) is 2.02. The number of halogens is 3. The van der Waals surface area contributed by atoms with Crippen molar-refractivity contribution in [2.45, 2.75) is 32.0 Å². The van der Waals surface area contributed by atoms with Crippen LogP contribution < -0.4 is 0 Å². The summed E-state index contributed by atoms with van der Waals surface area (Å²) >= 11 is 0. The summed E-state index contributed by atoms with van der Waals surface area (Å²) in [7, 11) is 0. The van der Waals surface area contributed by atoms with Crippen molar-refractivity contribution < 1.29 is 22.7 Å². The number of ketones is 1. The van der Waals surface area contributed by atoms with Gasteiger partial charge in [0.1, 0.15) is 6.10 Å². The van der Waals surface area contributed by atoms with Crippen LogP contribution in [0.5, 0.6) is 0 Å². The molecular weight excluding hydrogens is 257 g/mol. The average molecular weight is 272 g/mol. The Morgan fingerprint density at radius 3 is 2.63 bits per heavy atom.